The van der Waals surface area contributed by atoms with E-state index in [1.165, 1.54) is 5.56 Å². The summed E-state index contributed by atoms with van der Waals surface area (Å²) in [6.07, 6.45) is 3.31. The Kier molecular flexibility index (Phi) is 3.71. The number of nitrogens with one attached hydrogen (secondary N) is 1. The Balaban J connectivity index is 1.56. The third kappa shape index (κ3) is 2.86. The van der Waals surface area contributed by atoms with Crippen molar-refractivity contribution >= 4 is 17.0 Å². The maximum Gasteiger partial charge on any atom is 0.165 e. The van der Waals surface area contributed by atoms with Crippen molar-refractivity contribution in [2.75, 3.05) is 25.1 Å². The molecule has 0 saturated heterocycles. The molecule has 2 aromatic heterocycles. The fourth-order valence-corrected chi connectivity index (χ4v) is 2.95. The van der Waals surface area contributed by atoms with E-state index in [-0.39, 0.29) is 5.41 Å². The van der Waals surface area contributed by atoms with Crippen LogP contribution in [0.2, 0.25) is 0 Å². The third-order valence-corrected chi connectivity index (χ3v) is 4.52. The number of fused-ring (bicyclic) bond motifs is 2. The Bertz CT molecular complexity index is 919. The lowest BCUT2D eigenvalue weighted by Crippen LogP contribution is -2.28. The second-order valence-corrected chi connectivity index (χ2v) is 6.85. The predicted octanol–water partition coefficient (Wildman–Crippen LogP) is 2.52. The summed E-state index contributed by atoms with van der Waals surface area (Å²) in [5.41, 5.74) is 2.65. The number of hydrogen-bond donors (Lipinski definition) is 1. The van der Waals surface area contributed by atoms with Crippen LogP contribution >= 0.6 is 0 Å². The van der Waals surface area contributed by atoms with Crippen molar-refractivity contribution in [3.05, 3.63) is 36.4 Å². The number of anilines is 1. The average Bonchev–Trinajstić information content (AvgIpc) is 3.01. The summed E-state index contributed by atoms with van der Waals surface area (Å²) >= 11 is 0. The predicted molar refractivity (Wildman–Crippen MR) is 95.3 cm³/mol. The largest absolute Gasteiger partial charge is 0.486 e. The number of hydrogen-bond acceptors (Lipinski definition) is 6. The summed E-state index contributed by atoms with van der Waals surface area (Å²) in [6, 6.07) is 6.13. The molecule has 0 radical (unpaired) electrons. The lowest BCUT2D eigenvalue weighted by atomic mass is 9.84. The number of nitrogens with zero attached hydrogens (tertiary/aromatic N) is 4. The number of aryl methyl sites for hydroxylation is 1. The van der Waals surface area contributed by atoms with Gasteiger partial charge in [-0.2, -0.15) is 0 Å². The smallest absolute Gasteiger partial charge is 0.165 e. The molecule has 0 fully saturated rings. The van der Waals surface area contributed by atoms with Crippen LogP contribution < -0.4 is 14.8 Å². The van der Waals surface area contributed by atoms with Crippen molar-refractivity contribution < 1.29 is 9.47 Å². The minimum atomic E-state index is -0.123. The monoisotopic (exact) mass is 339 g/mol. The molecule has 7 heteroatoms. The highest BCUT2D eigenvalue weighted by atomic mass is 16.6. The van der Waals surface area contributed by atoms with E-state index in [4.69, 9.17) is 9.47 Å². The summed E-state index contributed by atoms with van der Waals surface area (Å²) in [7, 11) is 1.92. The maximum atomic E-state index is 5.70. The van der Waals surface area contributed by atoms with Crippen LogP contribution in [0.3, 0.4) is 0 Å². The molecule has 0 saturated carbocycles. The summed E-state index contributed by atoms with van der Waals surface area (Å²) in [6.45, 7) is 6.26. The highest BCUT2D eigenvalue weighted by Crippen LogP contribution is 2.35. The van der Waals surface area contributed by atoms with Gasteiger partial charge in [-0.15, -0.1) is 0 Å². The fraction of sp³-hybridized carbons (Fsp3) is 0.389. The number of ether oxygens (including phenoxy) is 2. The lowest BCUT2D eigenvalue weighted by Gasteiger charge is -2.28. The van der Waals surface area contributed by atoms with Crippen LogP contribution in [-0.2, 0) is 12.5 Å². The van der Waals surface area contributed by atoms with E-state index < -0.39 is 0 Å². The molecule has 7 nitrogen and oxygen atoms in total. The molecule has 25 heavy (non-hydrogen) atoms. The van der Waals surface area contributed by atoms with Crippen LogP contribution in [0.15, 0.2) is 30.9 Å². The normalized spacial score (nSPS) is 13.9. The molecule has 3 heterocycles. The topological polar surface area (TPSA) is 74.1 Å². The van der Waals surface area contributed by atoms with E-state index in [0.717, 1.165) is 28.5 Å². The van der Waals surface area contributed by atoms with Crippen LogP contribution in [-0.4, -0.2) is 39.3 Å². The molecule has 0 unspecified atom stereocenters. The van der Waals surface area contributed by atoms with Gasteiger partial charge in [-0.1, -0.05) is 19.9 Å². The van der Waals surface area contributed by atoms with Gasteiger partial charge < -0.3 is 19.4 Å². The van der Waals surface area contributed by atoms with Gasteiger partial charge in [0.25, 0.3) is 0 Å². The van der Waals surface area contributed by atoms with Crippen LogP contribution in [0.4, 0.5) is 5.82 Å². The second kappa shape index (κ2) is 5.91. The Morgan fingerprint density at radius 2 is 1.92 bits per heavy atom. The minimum Gasteiger partial charge on any atom is -0.486 e. The van der Waals surface area contributed by atoms with Crippen LogP contribution in [0.25, 0.3) is 11.2 Å². The van der Waals surface area contributed by atoms with Gasteiger partial charge in [0.05, 0.1) is 6.33 Å². The van der Waals surface area contributed by atoms with E-state index >= 15 is 0 Å². The molecule has 0 spiro atoms. The molecule has 4 rings (SSSR count). The first-order valence-electron chi connectivity index (χ1n) is 8.31. The second-order valence-electron chi connectivity index (χ2n) is 6.85. The standard InChI is InChI=1S/C18H21N5O2/c1-18(2,12-4-5-13-14(8-12)25-7-6-24-13)9-19-16-15-17(21-10-20-16)23(3)11-22-15/h4-5,8,10-11H,6-7,9H2,1-3H3,(H,19,20,21). The Morgan fingerprint density at radius 1 is 1.12 bits per heavy atom. The van der Waals surface area contributed by atoms with Gasteiger partial charge in [0, 0.05) is 19.0 Å². The molecule has 0 bridgehead atoms. The SMILES string of the molecule is Cn1cnc2c(NCC(C)(C)c3ccc4c(c3)OCCO4)ncnc21. The molecule has 3 aromatic rings. The van der Waals surface area contributed by atoms with E-state index in [2.05, 4.69) is 46.2 Å². The lowest BCUT2D eigenvalue weighted by molar-refractivity contribution is 0.171. The summed E-state index contributed by atoms with van der Waals surface area (Å²) in [5, 5.41) is 3.42. The molecule has 1 aliphatic rings. The van der Waals surface area contributed by atoms with Crippen molar-refractivity contribution in [2.45, 2.75) is 19.3 Å². The summed E-state index contributed by atoms with van der Waals surface area (Å²) in [4.78, 5) is 13.0. The van der Waals surface area contributed by atoms with Gasteiger partial charge in [0.15, 0.2) is 23.0 Å². The first kappa shape index (κ1) is 15.7. The number of aromatic nitrogens is 4. The number of benzene rings is 1. The molecule has 0 atom stereocenters. The molecular weight excluding hydrogens is 318 g/mol. The Morgan fingerprint density at radius 3 is 2.76 bits per heavy atom. The zero-order valence-electron chi connectivity index (χ0n) is 14.6. The van der Waals surface area contributed by atoms with E-state index in [1.54, 1.807) is 12.7 Å². The van der Waals surface area contributed by atoms with Crippen molar-refractivity contribution in [1.82, 2.24) is 19.5 Å². The van der Waals surface area contributed by atoms with Crippen LogP contribution in [0.1, 0.15) is 19.4 Å². The number of rotatable bonds is 4. The number of imidazole rings is 1. The molecule has 1 N–H and O–H groups in total. The van der Waals surface area contributed by atoms with Gasteiger partial charge in [-0.05, 0) is 17.7 Å². The van der Waals surface area contributed by atoms with Gasteiger partial charge in [-0.3, -0.25) is 0 Å². The highest BCUT2D eigenvalue weighted by molar-refractivity contribution is 5.82. The Labute approximate surface area is 146 Å². The van der Waals surface area contributed by atoms with Gasteiger partial charge in [-0.25, -0.2) is 15.0 Å². The van der Waals surface area contributed by atoms with E-state index in [1.807, 2.05) is 17.7 Å². The van der Waals surface area contributed by atoms with Crippen molar-refractivity contribution in [3.8, 4) is 11.5 Å². The third-order valence-electron chi connectivity index (χ3n) is 4.52. The fourth-order valence-electron chi connectivity index (χ4n) is 2.95. The molecular formula is C18H21N5O2. The minimum absolute atomic E-state index is 0.123. The zero-order valence-corrected chi connectivity index (χ0v) is 14.6. The van der Waals surface area contributed by atoms with Crippen LogP contribution in [0.5, 0.6) is 11.5 Å². The van der Waals surface area contributed by atoms with Crippen molar-refractivity contribution in [2.24, 2.45) is 7.05 Å². The average molecular weight is 339 g/mol. The van der Waals surface area contributed by atoms with E-state index in [9.17, 15) is 0 Å². The van der Waals surface area contributed by atoms with Gasteiger partial charge in [0.2, 0.25) is 0 Å². The van der Waals surface area contributed by atoms with Crippen molar-refractivity contribution in [1.29, 1.82) is 0 Å². The Hall–Kier alpha value is -2.83. The van der Waals surface area contributed by atoms with Crippen LogP contribution in [0, 0.1) is 0 Å². The van der Waals surface area contributed by atoms with Gasteiger partial charge in [0.1, 0.15) is 25.1 Å². The first-order valence-corrected chi connectivity index (χ1v) is 8.31. The molecule has 0 amide bonds. The summed E-state index contributed by atoms with van der Waals surface area (Å²) < 4.78 is 13.2. The molecule has 1 aliphatic heterocycles. The zero-order chi connectivity index (χ0) is 17.4. The molecule has 1 aromatic carbocycles. The van der Waals surface area contributed by atoms with E-state index in [0.29, 0.717) is 19.8 Å². The maximum absolute atomic E-state index is 5.70. The quantitative estimate of drug-likeness (QED) is 0.787. The molecule has 130 valence electrons. The molecule has 0 aliphatic carbocycles. The summed E-state index contributed by atoms with van der Waals surface area (Å²) in [5.74, 6) is 2.37. The van der Waals surface area contributed by atoms with Gasteiger partial charge >= 0.3 is 0 Å². The first-order chi connectivity index (χ1) is 12.0. The van der Waals surface area contributed by atoms with Crippen molar-refractivity contribution in [3.63, 3.8) is 0 Å². The highest BCUT2D eigenvalue weighted by Gasteiger charge is 2.24.